The minimum Gasteiger partial charge on any atom is -0.495 e. The number of benzene rings is 1. The van der Waals surface area contributed by atoms with E-state index in [1.54, 1.807) is 0 Å². The molecule has 0 aromatic heterocycles. The van der Waals surface area contributed by atoms with Gasteiger partial charge in [-0.1, -0.05) is 0 Å². The van der Waals surface area contributed by atoms with Gasteiger partial charge in [-0.05, 0) is 12.1 Å². The Hall–Kier alpha value is -1.78. The Balaban J connectivity index is 2.58. The van der Waals surface area contributed by atoms with E-state index in [0.29, 0.717) is 11.3 Å². The van der Waals surface area contributed by atoms with Crippen molar-refractivity contribution >= 4 is 5.76 Å². The molecule has 1 heterocycles. The highest BCUT2D eigenvalue weighted by Crippen LogP contribution is 2.34. The van der Waals surface area contributed by atoms with Gasteiger partial charge in [0.25, 0.3) is 0 Å². The summed E-state index contributed by atoms with van der Waals surface area (Å²) in [4.78, 5) is 0. The van der Waals surface area contributed by atoms with Gasteiger partial charge in [-0.2, -0.15) is 0 Å². The smallest absolute Gasteiger partial charge is 0.196 e. The molecule has 0 saturated carbocycles. The first-order chi connectivity index (χ1) is 7.67. The Morgan fingerprint density at radius 1 is 1.25 bits per heavy atom. The second-order valence-electron chi connectivity index (χ2n) is 3.32. The molecule has 0 aliphatic carbocycles. The normalized spacial score (nSPS) is 18.2. The maximum absolute atomic E-state index is 13.5. The van der Waals surface area contributed by atoms with Crippen molar-refractivity contribution in [3.8, 4) is 5.75 Å². The monoisotopic (exact) mass is 227 g/mol. The number of alkyl halides is 1. The molecule has 16 heavy (non-hydrogen) atoms. The zero-order valence-corrected chi connectivity index (χ0v) is 8.88. The van der Waals surface area contributed by atoms with Crippen LogP contribution in [0.5, 0.6) is 5.75 Å². The summed E-state index contributed by atoms with van der Waals surface area (Å²) in [5.41, 5.74) is 0.699. The second kappa shape index (κ2) is 4.00. The molecular weight excluding hydrogens is 216 g/mol. The highest BCUT2D eigenvalue weighted by atomic mass is 19.1. The van der Waals surface area contributed by atoms with Crippen LogP contribution in [-0.2, 0) is 4.74 Å². The standard InChI is InChI=1S/C11H11F2NO2/c1-15-9-4-6-7(3-8(9)12)11(13)14-5-10(6)16-2/h3-5,11,14H,1-2H3. The van der Waals surface area contributed by atoms with Crippen LogP contribution in [0, 0.1) is 5.82 Å². The van der Waals surface area contributed by atoms with Gasteiger partial charge in [0.05, 0.1) is 14.2 Å². The van der Waals surface area contributed by atoms with Crippen molar-refractivity contribution in [3.63, 3.8) is 0 Å². The van der Waals surface area contributed by atoms with E-state index < -0.39 is 12.1 Å². The Labute approximate surface area is 91.7 Å². The van der Waals surface area contributed by atoms with Crippen LogP contribution in [-0.4, -0.2) is 14.2 Å². The number of methoxy groups -OCH3 is 2. The van der Waals surface area contributed by atoms with Crippen LogP contribution in [0.15, 0.2) is 18.3 Å². The topological polar surface area (TPSA) is 30.5 Å². The molecular formula is C11H11F2NO2. The van der Waals surface area contributed by atoms with Gasteiger partial charge in [-0.3, -0.25) is 0 Å². The second-order valence-corrected chi connectivity index (χ2v) is 3.32. The van der Waals surface area contributed by atoms with E-state index in [4.69, 9.17) is 9.47 Å². The fourth-order valence-electron chi connectivity index (χ4n) is 1.63. The van der Waals surface area contributed by atoms with E-state index in [-0.39, 0.29) is 11.3 Å². The van der Waals surface area contributed by atoms with Crippen molar-refractivity contribution in [1.82, 2.24) is 5.32 Å². The predicted molar refractivity (Wildman–Crippen MR) is 54.9 cm³/mol. The van der Waals surface area contributed by atoms with Crippen LogP contribution >= 0.6 is 0 Å². The summed E-state index contributed by atoms with van der Waals surface area (Å²) in [7, 11) is 2.82. The number of fused-ring (bicyclic) bond motifs is 1. The quantitative estimate of drug-likeness (QED) is 0.787. The molecule has 1 aromatic rings. The Morgan fingerprint density at radius 2 is 2.00 bits per heavy atom. The summed E-state index contributed by atoms with van der Waals surface area (Å²) >= 11 is 0. The number of halogens is 2. The predicted octanol–water partition coefficient (Wildman–Crippen LogP) is 2.35. The molecule has 1 aliphatic heterocycles. The Bertz CT molecular complexity index is 446. The maximum atomic E-state index is 13.5. The van der Waals surface area contributed by atoms with E-state index in [9.17, 15) is 8.78 Å². The molecule has 3 nitrogen and oxygen atoms in total. The summed E-state index contributed by atoms with van der Waals surface area (Å²) in [6.45, 7) is 0. The van der Waals surface area contributed by atoms with Gasteiger partial charge in [0.2, 0.25) is 0 Å². The van der Waals surface area contributed by atoms with Gasteiger partial charge < -0.3 is 14.8 Å². The van der Waals surface area contributed by atoms with E-state index in [0.717, 1.165) is 6.07 Å². The first kappa shape index (κ1) is 10.7. The summed E-state index contributed by atoms with van der Waals surface area (Å²) in [6.07, 6.45) is -0.0287. The first-order valence-corrected chi connectivity index (χ1v) is 4.69. The Morgan fingerprint density at radius 3 is 2.62 bits per heavy atom. The molecule has 0 saturated heterocycles. The first-order valence-electron chi connectivity index (χ1n) is 4.69. The van der Waals surface area contributed by atoms with E-state index in [2.05, 4.69) is 5.32 Å². The van der Waals surface area contributed by atoms with Crippen molar-refractivity contribution in [2.24, 2.45) is 0 Å². The molecule has 5 heteroatoms. The maximum Gasteiger partial charge on any atom is 0.196 e. The van der Waals surface area contributed by atoms with Gasteiger partial charge in [-0.15, -0.1) is 0 Å². The van der Waals surface area contributed by atoms with Gasteiger partial charge in [0, 0.05) is 17.3 Å². The molecule has 0 fully saturated rings. The highest BCUT2D eigenvalue weighted by molar-refractivity contribution is 5.66. The molecule has 0 amide bonds. The van der Waals surface area contributed by atoms with Crippen LogP contribution in [0.4, 0.5) is 8.78 Å². The summed E-state index contributed by atoms with van der Waals surface area (Å²) in [6, 6.07) is 2.53. The molecule has 86 valence electrons. The van der Waals surface area contributed by atoms with Crippen molar-refractivity contribution in [3.05, 3.63) is 35.3 Å². The molecule has 0 radical (unpaired) electrons. The summed E-state index contributed by atoms with van der Waals surface area (Å²) < 4.78 is 36.8. The number of ether oxygens (including phenoxy) is 2. The number of nitrogens with one attached hydrogen (secondary N) is 1. The zero-order chi connectivity index (χ0) is 11.7. The van der Waals surface area contributed by atoms with Crippen LogP contribution in [0.3, 0.4) is 0 Å². The molecule has 1 aliphatic rings. The lowest BCUT2D eigenvalue weighted by Crippen LogP contribution is -2.19. The molecule has 1 unspecified atom stereocenters. The van der Waals surface area contributed by atoms with E-state index in [1.165, 1.54) is 26.5 Å². The highest BCUT2D eigenvalue weighted by Gasteiger charge is 2.23. The lowest BCUT2D eigenvalue weighted by Gasteiger charge is -2.22. The third-order valence-electron chi connectivity index (χ3n) is 2.44. The molecule has 2 rings (SSSR count). The van der Waals surface area contributed by atoms with Crippen LogP contribution in [0.2, 0.25) is 0 Å². The third kappa shape index (κ3) is 1.58. The van der Waals surface area contributed by atoms with E-state index in [1.807, 2.05) is 0 Å². The van der Waals surface area contributed by atoms with E-state index >= 15 is 0 Å². The SMILES string of the molecule is COC1=CNC(F)c2cc(F)c(OC)cc21. The zero-order valence-electron chi connectivity index (χ0n) is 8.88. The number of hydrogen-bond acceptors (Lipinski definition) is 3. The van der Waals surface area contributed by atoms with Crippen molar-refractivity contribution in [2.45, 2.75) is 6.30 Å². The minimum atomic E-state index is -1.44. The third-order valence-corrected chi connectivity index (χ3v) is 2.44. The largest absolute Gasteiger partial charge is 0.495 e. The molecule has 1 N–H and O–H groups in total. The fourth-order valence-corrected chi connectivity index (χ4v) is 1.63. The van der Waals surface area contributed by atoms with Crippen molar-refractivity contribution < 1.29 is 18.3 Å². The number of rotatable bonds is 2. The van der Waals surface area contributed by atoms with Crippen LogP contribution in [0.1, 0.15) is 17.4 Å². The average molecular weight is 227 g/mol. The van der Waals surface area contributed by atoms with Gasteiger partial charge >= 0.3 is 0 Å². The lowest BCUT2D eigenvalue weighted by atomic mass is 10.0. The van der Waals surface area contributed by atoms with Gasteiger partial charge in [-0.25, -0.2) is 8.78 Å². The fraction of sp³-hybridized carbons (Fsp3) is 0.273. The average Bonchev–Trinajstić information content (AvgIpc) is 2.30. The molecule has 1 aromatic carbocycles. The lowest BCUT2D eigenvalue weighted by molar-refractivity contribution is 0.290. The van der Waals surface area contributed by atoms with Crippen LogP contribution < -0.4 is 10.1 Å². The van der Waals surface area contributed by atoms with Crippen LogP contribution in [0.25, 0.3) is 5.76 Å². The summed E-state index contributed by atoms with van der Waals surface area (Å²) in [5.74, 6) is -0.0824. The molecule has 0 bridgehead atoms. The van der Waals surface area contributed by atoms with Gasteiger partial charge in [0.1, 0.15) is 5.76 Å². The van der Waals surface area contributed by atoms with Crippen molar-refractivity contribution in [1.29, 1.82) is 0 Å². The number of hydrogen-bond donors (Lipinski definition) is 1. The Kier molecular flexibility index (Phi) is 2.68. The van der Waals surface area contributed by atoms with Crippen molar-refractivity contribution in [2.75, 3.05) is 14.2 Å². The summed E-state index contributed by atoms with van der Waals surface area (Å²) in [5, 5.41) is 2.44. The van der Waals surface area contributed by atoms with Gasteiger partial charge in [0.15, 0.2) is 17.9 Å². The molecule has 1 atom stereocenters. The molecule has 0 spiro atoms. The minimum absolute atomic E-state index is 0.0656.